The van der Waals surface area contributed by atoms with Crippen molar-refractivity contribution in [3.63, 3.8) is 0 Å². The summed E-state index contributed by atoms with van der Waals surface area (Å²) in [5, 5.41) is 11.2. The molecule has 35 heavy (non-hydrogen) atoms. The first-order valence-electron chi connectivity index (χ1n) is 10.7. The van der Waals surface area contributed by atoms with Gasteiger partial charge in [-0.3, -0.25) is 15.0 Å². The van der Waals surface area contributed by atoms with E-state index in [0.717, 1.165) is 5.56 Å². The van der Waals surface area contributed by atoms with Gasteiger partial charge in [-0.25, -0.2) is 10.2 Å². The average Bonchev–Trinajstić information content (AvgIpc) is 3.43. The fourth-order valence-corrected chi connectivity index (χ4v) is 4.10. The van der Waals surface area contributed by atoms with Crippen LogP contribution in [-0.2, 0) is 0 Å². The molecule has 10 nitrogen and oxygen atoms in total. The highest BCUT2D eigenvalue weighted by molar-refractivity contribution is 6.22. The highest BCUT2D eigenvalue weighted by atomic mass is 16.5. The van der Waals surface area contributed by atoms with E-state index in [-0.39, 0.29) is 17.0 Å². The van der Waals surface area contributed by atoms with Crippen LogP contribution in [0, 0.1) is 0 Å². The number of nitrogens with one attached hydrogen (secondary N) is 3. The number of nitrogen functional groups attached to an aromatic ring is 1. The molecule has 3 amide bonds. The number of carbonyl (C=O) groups excluding carboxylic acids is 3. The second kappa shape index (κ2) is 8.75. The molecule has 5 N–H and O–H groups in total. The topological polar surface area (TPSA) is 147 Å². The van der Waals surface area contributed by atoms with E-state index < -0.39 is 18.0 Å². The van der Waals surface area contributed by atoms with Crippen molar-refractivity contribution in [3.8, 4) is 5.75 Å². The molecular weight excluding hydrogens is 448 g/mol. The van der Waals surface area contributed by atoms with Crippen LogP contribution in [0.15, 0.2) is 82.5 Å². The Kier molecular flexibility index (Phi) is 5.46. The summed E-state index contributed by atoms with van der Waals surface area (Å²) in [6.45, 7) is 0. The first-order valence-corrected chi connectivity index (χ1v) is 10.7. The third kappa shape index (κ3) is 3.86. The molecule has 1 aliphatic heterocycles. The maximum atomic E-state index is 13.4. The van der Waals surface area contributed by atoms with Crippen molar-refractivity contribution in [2.45, 2.75) is 6.04 Å². The molecule has 2 aliphatic rings. The van der Waals surface area contributed by atoms with Gasteiger partial charge in [0.2, 0.25) is 0 Å². The largest absolute Gasteiger partial charge is 0.497 e. The van der Waals surface area contributed by atoms with Gasteiger partial charge in [0.15, 0.2) is 5.78 Å². The number of ketones is 1. The Labute approximate surface area is 199 Å². The average molecular weight is 468 g/mol. The summed E-state index contributed by atoms with van der Waals surface area (Å²) in [4.78, 5) is 38.2. The lowest BCUT2D eigenvalue weighted by atomic mass is 10.0. The Morgan fingerprint density at radius 2 is 1.74 bits per heavy atom. The Bertz CT molecular complexity index is 1430. The monoisotopic (exact) mass is 468 g/mol. The minimum Gasteiger partial charge on any atom is -0.497 e. The third-order valence-electron chi connectivity index (χ3n) is 5.77. The van der Waals surface area contributed by atoms with Gasteiger partial charge in [-0.15, -0.1) is 0 Å². The first-order chi connectivity index (χ1) is 17.0. The molecule has 0 bridgehead atoms. The van der Waals surface area contributed by atoms with Crippen LogP contribution < -0.4 is 26.6 Å². The molecule has 1 aliphatic carbocycles. The summed E-state index contributed by atoms with van der Waals surface area (Å²) < 4.78 is 5.19. The van der Waals surface area contributed by atoms with Gasteiger partial charge in [-0.1, -0.05) is 24.3 Å². The standard InChI is InChI=1S/C25H20N6O4/c1-35-14-11-9-13(10-12-14)21-20-22(29-28-21)16-6-4-8-18(19(16)23(20)32)27-25(34)31-30-24(33)15-5-2-3-7-17(15)26/h2-12,22H,26H2,1H3,(H,30,33)(H2,27,31,34). The zero-order chi connectivity index (χ0) is 24.5. The number of para-hydroxylation sites is 1. The van der Waals surface area contributed by atoms with Gasteiger partial charge < -0.3 is 15.8 Å². The number of hydrazine groups is 1. The molecule has 5 rings (SSSR count). The Morgan fingerprint density at radius 3 is 2.49 bits per heavy atom. The number of anilines is 2. The molecular formula is C25H20N6O4. The molecule has 1 heterocycles. The van der Waals surface area contributed by atoms with Crippen molar-refractivity contribution in [2.24, 2.45) is 10.2 Å². The molecule has 3 aromatic rings. The summed E-state index contributed by atoms with van der Waals surface area (Å²) in [6, 6.07) is 17.5. The van der Waals surface area contributed by atoms with Crippen LogP contribution >= 0.6 is 0 Å². The molecule has 0 saturated heterocycles. The van der Waals surface area contributed by atoms with Crippen molar-refractivity contribution >= 4 is 34.8 Å². The number of amides is 3. The lowest BCUT2D eigenvalue weighted by Crippen LogP contribution is -2.44. The predicted octanol–water partition coefficient (Wildman–Crippen LogP) is 3.86. The summed E-state index contributed by atoms with van der Waals surface area (Å²) in [6.07, 6.45) is 0. The maximum absolute atomic E-state index is 13.4. The minimum atomic E-state index is -0.725. The number of benzene rings is 3. The second-order valence-electron chi connectivity index (χ2n) is 7.83. The minimum absolute atomic E-state index is 0.222. The number of nitrogens with zero attached hydrogens (tertiary/aromatic N) is 2. The van der Waals surface area contributed by atoms with Gasteiger partial charge in [0, 0.05) is 11.3 Å². The number of carbonyl (C=O) groups is 3. The fraction of sp³-hybridized carbons (Fsp3) is 0.0800. The van der Waals surface area contributed by atoms with Crippen molar-refractivity contribution in [2.75, 3.05) is 18.2 Å². The van der Waals surface area contributed by atoms with Crippen LogP contribution in [0.3, 0.4) is 0 Å². The normalized spacial score (nSPS) is 15.5. The zero-order valence-corrected chi connectivity index (χ0v) is 18.5. The number of hydrogen-bond donors (Lipinski definition) is 4. The van der Waals surface area contributed by atoms with E-state index in [2.05, 4.69) is 26.4 Å². The summed E-state index contributed by atoms with van der Waals surface area (Å²) in [7, 11) is 1.58. The lowest BCUT2D eigenvalue weighted by Gasteiger charge is -2.12. The molecule has 0 spiro atoms. The van der Waals surface area contributed by atoms with E-state index in [4.69, 9.17) is 10.5 Å². The van der Waals surface area contributed by atoms with E-state index in [1.165, 1.54) is 6.07 Å². The number of fused-ring (bicyclic) bond motifs is 3. The summed E-state index contributed by atoms with van der Waals surface area (Å²) in [5.74, 6) is -0.152. The number of urea groups is 1. The molecule has 0 aromatic heterocycles. The molecule has 1 unspecified atom stereocenters. The van der Waals surface area contributed by atoms with Crippen molar-refractivity contribution in [3.05, 3.63) is 94.6 Å². The van der Waals surface area contributed by atoms with Gasteiger partial charge >= 0.3 is 6.03 Å². The smallest absolute Gasteiger partial charge is 0.337 e. The van der Waals surface area contributed by atoms with Gasteiger partial charge in [0.1, 0.15) is 17.5 Å². The molecule has 174 valence electrons. The van der Waals surface area contributed by atoms with E-state index in [0.29, 0.717) is 33.8 Å². The van der Waals surface area contributed by atoms with Crippen molar-refractivity contribution < 1.29 is 19.1 Å². The van der Waals surface area contributed by atoms with E-state index in [9.17, 15) is 14.4 Å². The highest BCUT2D eigenvalue weighted by Crippen LogP contribution is 2.48. The first kappa shape index (κ1) is 21.8. The molecule has 1 atom stereocenters. The van der Waals surface area contributed by atoms with Gasteiger partial charge in [0.05, 0.1) is 29.5 Å². The lowest BCUT2D eigenvalue weighted by molar-refractivity contribution is 0.0938. The molecule has 3 aromatic carbocycles. The van der Waals surface area contributed by atoms with Crippen LogP contribution in [0.2, 0.25) is 0 Å². The Balaban J connectivity index is 1.35. The Hall–Kier alpha value is -4.99. The number of ether oxygens (including phenoxy) is 1. The van der Waals surface area contributed by atoms with Crippen LogP contribution in [0.1, 0.15) is 37.9 Å². The number of nitrogens with two attached hydrogens (primary N) is 1. The SMILES string of the molecule is COc1ccc(C2=C3C(=O)c4c(NC(=O)NNC(=O)c5ccccc5N)cccc4C3N=N2)cc1. The highest BCUT2D eigenvalue weighted by Gasteiger charge is 2.42. The molecule has 10 heteroatoms. The van der Waals surface area contributed by atoms with Gasteiger partial charge in [0.25, 0.3) is 5.91 Å². The zero-order valence-electron chi connectivity index (χ0n) is 18.5. The van der Waals surface area contributed by atoms with E-state index in [1.807, 2.05) is 12.1 Å². The van der Waals surface area contributed by atoms with Gasteiger partial charge in [-0.2, -0.15) is 10.2 Å². The van der Waals surface area contributed by atoms with E-state index >= 15 is 0 Å². The number of Topliss-reactive ketones (excluding diaryl/α,β-unsaturated/α-hetero) is 1. The number of azo groups is 1. The summed E-state index contributed by atoms with van der Waals surface area (Å²) in [5.41, 5.74) is 13.8. The second-order valence-corrected chi connectivity index (χ2v) is 7.83. The number of hydrogen-bond acceptors (Lipinski definition) is 7. The van der Waals surface area contributed by atoms with Gasteiger partial charge in [-0.05, 0) is 48.0 Å². The molecule has 0 saturated carbocycles. The van der Waals surface area contributed by atoms with Crippen LogP contribution in [0.25, 0.3) is 5.70 Å². The van der Waals surface area contributed by atoms with Crippen LogP contribution in [0.5, 0.6) is 5.75 Å². The van der Waals surface area contributed by atoms with Crippen LogP contribution in [0.4, 0.5) is 16.2 Å². The molecule has 0 fully saturated rings. The third-order valence-corrected chi connectivity index (χ3v) is 5.77. The van der Waals surface area contributed by atoms with Crippen molar-refractivity contribution in [1.29, 1.82) is 0 Å². The number of rotatable bonds is 4. The fourth-order valence-electron chi connectivity index (χ4n) is 4.10. The van der Waals surface area contributed by atoms with Crippen molar-refractivity contribution in [1.82, 2.24) is 10.9 Å². The number of methoxy groups -OCH3 is 1. The quantitative estimate of drug-likeness (QED) is 0.339. The predicted molar refractivity (Wildman–Crippen MR) is 129 cm³/mol. The Morgan fingerprint density at radius 1 is 0.971 bits per heavy atom. The van der Waals surface area contributed by atoms with Crippen LogP contribution in [-0.4, -0.2) is 24.8 Å². The molecule has 0 radical (unpaired) electrons. The maximum Gasteiger partial charge on any atom is 0.337 e. The summed E-state index contributed by atoms with van der Waals surface area (Å²) >= 11 is 0. The van der Waals surface area contributed by atoms with E-state index in [1.54, 1.807) is 55.6 Å².